The Morgan fingerprint density at radius 3 is 2.88 bits per heavy atom. The van der Waals surface area contributed by atoms with Crippen molar-refractivity contribution in [3.63, 3.8) is 0 Å². The molecule has 1 aromatic heterocycles. The molecule has 1 atom stereocenters. The van der Waals surface area contributed by atoms with Gasteiger partial charge in [-0.3, -0.25) is 0 Å². The molecule has 0 spiro atoms. The lowest BCUT2D eigenvalue weighted by Crippen LogP contribution is -2.21. The van der Waals surface area contributed by atoms with Gasteiger partial charge in [0, 0.05) is 13.0 Å². The Balaban J connectivity index is 1.99. The number of nitrogens with zero attached hydrogens (tertiary/aromatic N) is 3. The summed E-state index contributed by atoms with van der Waals surface area (Å²) in [6.07, 6.45) is 1.06. The fraction of sp³-hybridized carbons (Fsp3) is 0.333. The van der Waals surface area contributed by atoms with Crippen LogP contribution in [-0.2, 0) is 20.0 Å². The number of hydrogen-bond donors (Lipinski definition) is 1. The Kier molecular flexibility index (Phi) is 2.04. The van der Waals surface area contributed by atoms with E-state index in [4.69, 9.17) is 5.73 Å². The van der Waals surface area contributed by atoms with Gasteiger partial charge in [0.15, 0.2) is 0 Å². The average molecular weight is 214 g/mol. The molecule has 16 heavy (non-hydrogen) atoms. The first-order valence-corrected chi connectivity index (χ1v) is 5.47. The Bertz CT molecular complexity index is 530. The van der Waals surface area contributed by atoms with E-state index in [2.05, 4.69) is 34.5 Å². The number of benzene rings is 1. The molecule has 0 fully saturated rings. The normalized spacial score (nSPS) is 18.0. The van der Waals surface area contributed by atoms with Crippen molar-refractivity contribution < 1.29 is 0 Å². The SMILES string of the molecule is Cn1c(CN)nnc1C1Cc2ccccc21. The minimum Gasteiger partial charge on any atom is -0.324 e. The predicted molar refractivity (Wildman–Crippen MR) is 60.9 cm³/mol. The van der Waals surface area contributed by atoms with Crippen LogP contribution in [0.2, 0.25) is 0 Å². The molecule has 0 amide bonds. The molecule has 1 aliphatic rings. The van der Waals surface area contributed by atoms with Gasteiger partial charge in [-0.15, -0.1) is 10.2 Å². The van der Waals surface area contributed by atoms with Crippen molar-refractivity contribution in [1.82, 2.24) is 14.8 Å². The molecule has 4 nitrogen and oxygen atoms in total. The Morgan fingerprint density at radius 2 is 2.19 bits per heavy atom. The molecule has 1 unspecified atom stereocenters. The highest BCUT2D eigenvalue weighted by atomic mass is 15.3. The summed E-state index contributed by atoms with van der Waals surface area (Å²) in [6.45, 7) is 0.442. The molecule has 0 saturated carbocycles. The highest BCUT2D eigenvalue weighted by Crippen LogP contribution is 2.38. The number of nitrogens with two attached hydrogens (primary N) is 1. The maximum Gasteiger partial charge on any atom is 0.146 e. The van der Waals surface area contributed by atoms with Crippen LogP contribution in [0.1, 0.15) is 28.7 Å². The molecule has 4 heteroatoms. The lowest BCUT2D eigenvalue weighted by molar-refractivity contribution is 0.618. The highest BCUT2D eigenvalue weighted by Gasteiger charge is 2.30. The van der Waals surface area contributed by atoms with Crippen molar-refractivity contribution in [2.45, 2.75) is 18.9 Å². The molecule has 82 valence electrons. The molecular formula is C12H14N4. The van der Waals surface area contributed by atoms with E-state index < -0.39 is 0 Å². The van der Waals surface area contributed by atoms with Gasteiger partial charge in [-0.05, 0) is 17.5 Å². The predicted octanol–water partition coefficient (Wildman–Crippen LogP) is 0.962. The van der Waals surface area contributed by atoms with Crippen LogP contribution < -0.4 is 5.73 Å². The van der Waals surface area contributed by atoms with Crippen molar-refractivity contribution in [1.29, 1.82) is 0 Å². The van der Waals surface area contributed by atoms with E-state index in [-0.39, 0.29) is 0 Å². The van der Waals surface area contributed by atoms with Crippen LogP contribution in [0.25, 0.3) is 0 Å². The van der Waals surface area contributed by atoms with Crippen LogP contribution in [0.15, 0.2) is 24.3 Å². The van der Waals surface area contributed by atoms with Crippen molar-refractivity contribution >= 4 is 0 Å². The zero-order valence-corrected chi connectivity index (χ0v) is 9.22. The molecule has 1 heterocycles. The largest absolute Gasteiger partial charge is 0.324 e. The van der Waals surface area contributed by atoms with Crippen LogP contribution in [0.3, 0.4) is 0 Å². The van der Waals surface area contributed by atoms with Gasteiger partial charge in [-0.1, -0.05) is 24.3 Å². The van der Waals surface area contributed by atoms with Gasteiger partial charge in [0.2, 0.25) is 0 Å². The van der Waals surface area contributed by atoms with Gasteiger partial charge < -0.3 is 10.3 Å². The molecule has 3 rings (SSSR count). The zero-order valence-electron chi connectivity index (χ0n) is 9.22. The third-order valence-corrected chi connectivity index (χ3v) is 3.35. The van der Waals surface area contributed by atoms with Crippen molar-refractivity contribution in [2.24, 2.45) is 12.8 Å². The summed E-state index contributed by atoms with van der Waals surface area (Å²) in [6, 6.07) is 8.49. The fourth-order valence-corrected chi connectivity index (χ4v) is 2.35. The molecule has 0 aliphatic heterocycles. The molecular weight excluding hydrogens is 200 g/mol. The van der Waals surface area contributed by atoms with E-state index in [0.717, 1.165) is 18.1 Å². The lowest BCUT2D eigenvalue weighted by Gasteiger charge is -2.29. The van der Waals surface area contributed by atoms with Crippen LogP contribution in [0.5, 0.6) is 0 Å². The first-order chi connectivity index (χ1) is 7.81. The van der Waals surface area contributed by atoms with E-state index in [1.54, 1.807) is 0 Å². The minimum atomic E-state index is 0.397. The first-order valence-electron chi connectivity index (χ1n) is 5.47. The second kappa shape index (κ2) is 3.42. The number of aromatic nitrogens is 3. The maximum absolute atomic E-state index is 5.59. The van der Waals surface area contributed by atoms with E-state index in [1.807, 2.05) is 11.6 Å². The van der Waals surface area contributed by atoms with Gasteiger partial charge in [0.1, 0.15) is 11.6 Å². The summed E-state index contributed by atoms with van der Waals surface area (Å²) in [4.78, 5) is 0. The van der Waals surface area contributed by atoms with Gasteiger partial charge in [0.25, 0.3) is 0 Å². The molecule has 1 aliphatic carbocycles. The monoisotopic (exact) mass is 214 g/mol. The van der Waals surface area contributed by atoms with Gasteiger partial charge >= 0.3 is 0 Å². The topological polar surface area (TPSA) is 56.7 Å². The summed E-state index contributed by atoms with van der Waals surface area (Å²) in [7, 11) is 1.98. The number of fused-ring (bicyclic) bond motifs is 1. The van der Waals surface area contributed by atoms with Crippen molar-refractivity contribution in [3.8, 4) is 0 Å². The second-order valence-electron chi connectivity index (χ2n) is 4.19. The lowest BCUT2D eigenvalue weighted by atomic mass is 9.77. The quantitative estimate of drug-likeness (QED) is 0.810. The van der Waals surface area contributed by atoms with Crippen molar-refractivity contribution in [2.75, 3.05) is 0 Å². The maximum atomic E-state index is 5.59. The van der Waals surface area contributed by atoms with Crippen molar-refractivity contribution in [3.05, 3.63) is 47.0 Å². The standard InChI is InChI=1S/C12H14N4/c1-16-11(7-13)14-15-12(16)10-6-8-4-2-3-5-9(8)10/h2-5,10H,6-7,13H2,1H3. The Labute approximate surface area is 94.1 Å². The average Bonchev–Trinajstić information content (AvgIpc) is 2.62. The Hall–Kier alpha value is -1.68. The van der Waals surface area contributed by atoms with E-state index in [9.17, 15) is 0 Å². The zero-order chi connectivity index (χ0) is 11.1. The Morgan fingerprint density at radius 1 is 1.38 bits per heavy atom. The van der Waals surface area contributed by atoms with E-state index in [1.165, 1.54) is 11.1 Å². The molecule has 1 aromatic carbocycles. The first kappa shape index (κ1) is 9.54. The van der Waals surface area contributed by atoms with Crippen LogP contribution >= 0.6 is 0 Å². The summed E-state index contributed by atoms with van der Waals surface area (Å²) in [5, 5.41) is 8.34. The summed E-state index contributed by atoms with van der Waals surface area (Å²) in [5.41, 5.74) is 8.39. The van der Waals surface area contributed by atoms with Crippen LogP contribution in [-0.4, -0.2) is 14.8 Å². The van der Waals surface area contributed by atoms with Gasteiger partial charge in [0.05, 0.1) is 6.54 Å². The second-order valence-corrected chi connectivity index (χ2v) is 4.19. The minimum absolute atomic E-state index is 0.397. The van der Waals surface area contributed by atoms with Gasteiger partial charge in [-0.25, -0.2) is 0 Å². The molecule has 2 aromatic rings. The van der Waals surface area contributed by atoms with Crippen LogP contribution in [0, 0.1) is 0 Å². The molecule has 0 bridgehead atoms. The molecule has 2 N–H and O–H groups in total. The summed E-state index contributed by atoms with van der Waals surface area (Å²) >= 11 is 0. The van der Waals surface area contributed by atoms with Crippen LogP contribution in [0.4, 0.5) is 0 Å². The summed E-state index contributed by atoms with van der Waals surface area (Å²) in [5.74, 6) is 2.27. The molecule has 0 saturated heterocycles. The fourth-order valence-electron chi connectivity index (χ4n) is 2.35. The highest BCUT2D eigenvalue weighted by molar-refractivity contribution is 5.44. The number of hydrogen-bond acceptors (Lipinski definition) is 3. The number of rotatable bonds is 2. The summed E-state index contributed by atoms with van der Waals surface area (Å²) < 4.78 is 2.01. The smallest absolute Gasteiger partial charge is 0.146 e. The van der Waals surface area contributed by atoms with E-state index in [0.29, 0.717) is 12.5 Å². The molecule has 0 radical (unpaired) electrons. The van der Waals surface area contributed by atoms with E-state index >= 15 is 0 Å². The third kappa shape index (κ3) is 1.20. The van der Waals surface area contributed by atoms with Gasteiger partial charge in [-0.2, -0.15) is 0 Å². The third-order valence-electron chi connectivity index (χ3n) is 3.35.